The molecule has 39 heavy (non-hydrogen) atoms. The highest BCUT2D eigenvalue weighted by Crippen LogP contribution is 2.31. The number of rotatable bonds is 2. The molecule has 3 N–H and O–H groups in total. The smallest absolute Gasteiger partial charge is 0.254 e. The van der Waals surface area contributed by atoms with Crippen molar-refractivity contribution in [1.29, 1.82) is 0 Å². The van der Waals surface area contributed by atoms with Crippen molar-refractivity contribution in [1.82, 2.24) is 25.3 Å². The third kappa shape index (κ3) is 7.14. The lowest BCUT2D eigenvalue weighted by Gasteiger charge is -2.26. The van der Waals surface area contributed by atoms with Gasteiger partial charge >= 0.3 is 0 Å². The summed E-state index contributed by atoms with van der Waals surface area (Å²) in [6.07, 6.45) is 4.66. The van der Waals surface area contributed by atoms with Gasteiger partial charge in [0.2, 0.25) is 11.8 Å². The molecule has 1 aliphatic heterocycles. The Morgan fingerprint density at radius 3 is 2.62 bits per heavy atom. The maximum Gasteiger partial charge on any atom is 0.254 e. The third-order valence-electron chi connectivity index (χ3n) is 6.68. The van der Waals surface area contributed by atoms with Crippen LogP contribution in [0.4, 0.5) is 4.39 Å². The number of aromatic hydroxyl groups is 1. The van der Waals surface area contributed by atoms with Crippen molar-refractivity contribution in [3.8, 4) is 16.9 Å². The molecule has 0 spiro atoms. The van der Waals surface area contributed by atoms with E-state index in [1.54, 1.807) is 36.2 Å². The van der Waals surface area contributed by atoms with Crippen LogP contribution in [0.25, 0.3) is 11.1 Å². The number of nitrogens with zero attached hydrogens (tertiary/aromatic N) is 3. The summed E-state index contributed by atoms with van der Waals surface area (Å²) >= 11 is 5.96. The SMILES string of the molecule is CC(C(=O)N1CCCNC(=O)c2cc(ccc2F)-c2cc(ccc2O)CCNC(=O)CCC1)n1cc(Cl)cn1. The number of benzene rings is 2. The van der Waals surface area contributed by atoms with Crippen LogP contribution in [0, 0.1) is 5.82 Å². The predicted molar refractivity (Wildman–Crippen MR) is 145 cm³/mol. The fourth-order valence-corrected chi connectivity index (χ4v) is 4.65. The van der Waals surface area contributed by atoms with Gasteiger partial charge in [-0.25, -0.2) is 4.39 Å². The Morgan fingerprint density at radius 1 is 1.05 bits per heavy atom. The number of phenols is 1. The number of hydrogen-bond acceptors (Lipinski definition) is 5. The highest BCUT2D eigenvalue weighted by molar-refractivity contribution is 6.30. The van der Waals surface area contributed by atoms with Gasteiger partial charge in [-0.1, -0.05) is 23.7 Å². The summed E-state index contributed by atoms with van der Waals surface area (Å²) < 4.78 is 16.1. The van der Waals surface area contributed by atoms with Crippen molar-refractivity contribution >= 4 is 29.3 Å². The number of phenolic OH excluding ortho intramolecular Hbond substituents is 1. The Morgan fingerprint density at radius 2 is 1.85 bits per heavy atom. The summed E-state index contributed by atoms with van der Waals surface area (Å²) in [6.45, 7) is 2.98. The maximum atomic E-state index is 14.6. The molecule has 0 saturated heterocycles. The monoisotopic (exact) mass is 555 g/mol. The number of halogens is 2. The summed E-state index contributed by atoms with van der Waals surface area (Å²) in [5.74, 6) is -1.57. The van der Waals surface area contributed by atoms with Crippen molar-refractivity contribution in [2.24, 2.45) is 0 Å². The first-order chi connectivity index (χ1) is 18.7. The van der Waals surface area contributed by atoms with Crippen LogP contribution in [-0.2, 0) is 16.0 Å². The molecule has 0 fully saturated rings. The van der Waals surface area contributed by atoms with Gasteiger partial charge in [0.1, 0.15) is 17.6 Å². The molecule has 0 saturated carbocycles. The zero-order valence-corrected chi connectivity index (χ0v) is 22.4. The Kier molecular flexibility index (Phi) is 9.19. The number of carbonyl (C=O) groups excluding carboxylic acids is 3. The van der Waals surface area contributed by atoms with Crippen molar-refractivity contribution < 1.29 is 23.9 Å². The number of carbonyl (C=O) groups is 3. The van der Waals surface area contributed by atoms with Crippen molar-refractivity contribution in [3.05, 3.63) is 70.8 Å². The second-order valence-electron chi connectivity index (χ2n) is 9.50. The first-order valence-corrected chi connectivity index (χ1v) is 13.3. The van der Waals surface area contributed by atoms with E-state index >= 15 is 0 Å². The van der Waals surface area contributed by atoms with E-state index in [0.29, 0.717) is 55.0 Å². The molecular weight excluding hydrogens is 525 g/mol. The molecule has 4 rings (SSSR count). The molecule has 1 aromatic heterocycles. The highest BCUT2D eigenvalue weighted by Gasteiger charge is 2.23. The fraction of sp³-hybridized carbons (Fsp3) is 0.357. The van der Waals surface area contributed by atoms with Gasteiger partial charge < -0.3 is 20.6 Å². The first kappa shape index (κ1) is 28.1. The van der Waals surface area contributed by atoms with Crippen LogP contribution in [-0.4, -0.2) is 63.7 Å². The summed E-state index contributed by atoms with van der Waals surface area (Å²) in [5.41, 5.74) is 1.68. The lowest BCUT2D eigenvalue weighted by atomic mass is 9.98. The van der Waals surface area contributed by atoms with Crippen LogP contribution < -0.4 is 10.6 Å². The van der Waals surface area contributed by atoms with E-state index in [9.17, 15) is 23.9 Å². The highest BCUT2D eigenvalue weighted by atomic mass is 35.5. The second kappa shape index (κ2) is 12.8. The van der Waals surface area contributed by atoms with Crippen molar-refractivity contribution in [3.63, 3.8) is 0 Å². The number of nitrogens with one attached hydrogen (secondary N) is 2. The minimum atomic E-state index is -0.677. The molecule has 11 heteroatoms. The Labute approximate surface area is 230 Å². The molecule has 2 aromatic carbocycles. The van der Waals surface area contributed by atoms with E-state index < -0.39 is 17.8 Å². The minimum Gasteiger partial charge on any atom is -0.507 e. The van der Waals surface area contributed by atoms with Crippen LogP contribution in [0.3, 0.4) is 0 Å². The zero-order valence-electron chi connectivity index (χ0n) is 21.6. The molecule has 1 aliphatic rings. The van der Waals surface area contributed by atoms with Gasteiger partial charge in [-0.3, -0.25) is 19.1 Å². The van der Waals surface area contributed by atoms with Gasteiger partial charge in [0.05, 0.1) is 16.8 Å². The van der Waals surface area contributed by atoms with Gasteiger partial charge in [-0.2, -0.15) is 5.10 Å². The predicted octanol–water partition coefficient (Wildman–Crippen LogP) is 3.71. The molecule has 1 atom stereocenters. The van der Waals surface area contributed by atoms with E-state index in [2.05, 4.69) is 15.7 Å². The Hall–Kier alpha value is -3.92. The lowest BCUT2D eigenvalue weighted by molar-refractivity contribution is -0.135. The molecule has 4 bridgehead atoms. The largest absolute Gasteiger partial charge is 0.507 e. The van der Waals surface area contributed by atoms with Gasteiger partial charge in [0.25, 0.3) is 5.91 Å². The molecular formula is C28H31ClFN5O4. The summed E-state index contributed by atoms with van der Waals surface area (Å²) in [7, 11) is 0. The minimum absolute atomic E-state index is 0.00279. The Bertz CT molecular complexity index is 1360. The lowest BCUT2D eigenvalue weighted by Crippen LogP contribution is -2.39. The normalized spacial score (nSPS) is 16.3. The van der Waals surface area contributed by atoms with E-state index in [-0.39, 0.29) is 36.1 Å². The number of amides is 3. The molecule has 9 nitrogen and oxygen atoms in total. The first-order valence-electron chi connectivity index (χ1n) is 12.9. The molecule has 206 valence electrons. The second-order valence-corrected chi connectivity index (χ2v) is 9.94. The fourth-order valence-electron chi connectivity index (χ4n) is 4.51. The van der Waals surface area contributed by atoms with Crippen LogP contribution >= 0.6 is 11.6 Å². The van der Waals surface area contributed by atoms with Crippen LogP contribution in [0.1, 0.15) is 48.1 Å². The number of aromatic nitrogens is 2. The molecule has 2 heterocycles. The molecule has 1 unspecified atom stereocenters. The standard InChI is InChI=1S/C28H31ClFN5O4/c1-18(35-17-21(29)16-33-35)28(39)34-12-2-4-26(37)31-11-9-19-5-8-25(36)22(14-19)20-6-7-24(30)23(15-20)27(38)32-10-3-13-34/h5-8,14-18,36H,2-4,9-13H2,1H3,(H,31,37)(H,32,38). The van der Waals surface area contributed by atoms with E-state index in [0.717, 1.165) is 5.56 Å². The topological polar surface area (TPSA) is 117 Å². The molecule has 3 amide bonds. The maximum absolute atomic E-state index is 14.6. The average Bonchev–Trinajstić information content (AvgIpc) is 3.36. The van der Waals surface area contributed by atoms with E-state index in [4.69, 9.17) is 11.6 Å². The molecule has 0 aliphatic carbocycles. The van der Waals surface area contributed by atoms with Gasteiger partial charge in [-0.15, -0.1) is 0 Å². The van der Waals surface area contributed by atoms with Gasteiger partial charge in [0, 0.05) is 44.4 Å². The number of hydrogen-bond donors (Lipinski definition) is 3. The quantitative estimate of drug-likeness (QED) is 0.446. The van der Waals surface area contributed by atoms with Crippen LogP contribution in [0.2, 0.25) is 5.02 Å². The summed E-state index contributed by atoms with van der Waals surface area (Å²) in [6, 6.07) is 8.57. The van der Waals surface area contributed by atoms with Crippen LogP contribution in [0.5, 0.6) is 5.75 Å². The Balaban J connectivity index is 1.54. The number of fused-ring (bicyclic) bond motifs is 5. The van der Waals surface area contributed by atoms with E-state index in [1.807, 2.05) is 0 Å². The van der Waals surface area contributed by atoms with Crippen LogP contribution in [0.15, 0.2) is 48.8 Å². The van der Waals surface area contributed by atoms with E-state index in [1.165, 1.54) is 29.1 Å². The van der Waals surface area contributed by atoms with Crippen molar-refractivity contribution in [2.75, 3.05) is 26.2 Å². The summed E-state index contributed by atoms with van der Waals surface area (Å²) in [5, 5.41) is 20.6. The average molecular weight is 556 g/mol. The molecule has 3 aromatic rings. The molecule has 0 radical (unpaired) electrons. The van der Waals surface area contributed by atoms with Crippen molar-refractivity contribution in [2.45, 2.75) is 38.6 Å². The zero-order chi connectivity index (χ0) is 27.9. The van der Waals surface area contributed by atoms with Gasteiger partial charge in [0.15, 0.2) is 0 Å². The summed E-state index contributed by atoms with van der Waals surface area (Å²) in [4.78, 5) is 40.2. The third-order valence-corrected chi connectivity index (χ3v) is 6.87. The van der Waals surface area contributed by atoms with Gasteiger partial charge in [-0.05, 0) is 61.6 Å².